The van der Waals surface area contributed by atoms with Crippen molar-refractivity contribution < 1.29 is 18.3 Å². The Labute approximate surface area is 102 Å². The van der Waals surface area contributed by atoms with Gasteiger partial charge in [0.25, 0.3) is 0 Å². The Morgan fingerprint density at radius 1 is 1.18 bits per heavy atom. The SMILES string of the molecule is Oc1ccccc1Sc1nnc(C(F)(F)F)s1. The van der Waals surface area contributed by atoms with Gasteiger partial charge < -0.3 is 5.11 Å². The Morgan fingerprint density at radius 2 is 1.88 bits per heavy atom. The minimum absolute atomic E-state index is 0.00117. The van der Waals surface area contributed by atoms with Gasteiger partial charge in [0.1, 0.15) is 5.75 Å². The topological polar surface area (TPSA) is 46.0 Å². The summed E-state index contributed by atoms with van der Waals surface area (Å²) in [6.07, 6.45) is -4.48. The summed E-state index contributed by atoms with van der Waals surface area (Å²) < 4.78 is 36.9. The van der Waals surface area contributed by atoms with E-state index in [4.69, 9.17) is 0 Å². The van der Waals surface area contributed by atoms with E-state index in [-0.39, 0.29) is 10.1 Å². The second-order valence-electron chi connectivity index (χ2n) is 2.94. The summed E-state index contributed by atoms with van der Waals surface area (Å²) in [6.45, 7) is 0. The first-order valence-corrected chi connectivity index (χ1v) is 5.96. The Balaban J connectivity index is 2.21. The number of hydrogen-bond acceptors (Lipinski definition) is 5. The van der Waals surface area contributed by atoms with E-state index in [9.17, 15) is 18.3 Å². The molecule has 90 valence electrons. The van der Waals surface area contributed by atoms with Gasteiger partial charge in [0.05, 0.1) is 4.90 Å². The number of para-hydroxylation sites is 1. The predicted octanol–water partition coefficient (Wildman–Crippen LogP) is 3.41. The lowest BCUT2D eigenvalue weighted by Gasteiger charge is -1.99. The number of nitrogens with zero attached hydrogens (tertiary/aromatic N) is 2. The van der Waals surface area contributed by atoms with E-state index in [0.717, 1.165) is 11.8 Å². The number of alkyl halides is 3. The van der Waals surface area contributed by atoms with Crippen LogP contribution in [0.1, 0.15) is 5.01 Å². The highest BCUT2D eigenvalue weighted by Crippen LogP contribution is 2.39. The summed E-state index contributed by atoms with van der Waals surface area (Å²) in [5.74, 6) is 0.00117. The lowest BCUT2D eigenvalue weighted by Crippen LogP contribution is -2.03. The number of aromatic nitrogens is 2. The minimum Gasteiger partial charge on any atom is -0.507 e. The largest absolute Gasteiger partial charge is 0.507 e. The Morgan fingerprint density at radius 3 is 2.47 bits per heavy atom. The number of aromatic hydroxyl groups is 1. The van der Waals surface area contributed by atoms with Crippen molar-refractivity contribution in [1.82, 2.24) is 10.2 Å². The third-order valence-electron chi connectivity index (χ3n) is 1.71. The van der Waals surface area contributed by atoms with Gasteiger partial charge >= 0.3 is 6.18 Å². The van der Waals surface area contributed by atoms with Gasteiger partial charge in [-0.2, -0.15) is 13.2 Å². The first-order valence-electron chi connectivity index (χ1n) is 4.33. The normalized spacial score (nSPS) is 11.7. The van der Waals surface area contributed by atoms with E-state index in [0.29, 0.717) is 16.2 Å². The number of benzene rings is 1. The second kappa shape index (κ2) is 4.53. The summed E-state index contributed by atoms with van der Waals surface area (Å²) in [5, 5.41) is 14.9. The number of phenolic OH excluding ortho intramolecular Hbond substituents is 1. The molecule has 1 N–H and O–H groups in total. The van der Waals surface area contributed by atoms with E-state index in [1.165, 1.54) is 6.07 Å². The van der Waals surface area contributed by atoms with E-state index in [1.54, 1.807) is 18.2 Å². The van der Waals surface area contributed by atoms with Crippen molar-refractivity contribution in [1.29, 1.82) is 0 Å². The summed E-state index contributed by atoms with van der Waals surface area (Å²) in [6, 6.07) is 6.34. The van der Waals surface area contributed by atoms with Gasteiger partial charge in [-0.15, -0.1) is 10.2 Å². The van der Waals surface area contributed by atoms with Crippen LogP contribution in [-0.2, 0) is 6.18 Å². The van der Waals surface area contributed by atoms with Crippen LogP contribution in [0.5, 0.6) is 5.75 Å². The maximum Gasteiger partial charge on any atom is 0.445 e. The van der Waals surface area contributed by atoms with Gasteiger partial charge in [-0.3, -0.25) is 0 Å². The van der Waals surface area contributed by atoms with Crippen LogP contribution in [0.15, 0.2) is 33.5 Å². The Bertz CT molecular complexity index is 527. The maximum atomic E-state index is 12.3. The molecule has 8 heteroatoms. The van der Waals surface area contributed by atoms with Crippen molar-refractivity contribution in [3.8, 4) is 5.75 Å². The molecule has 0 aliphatic heterocycles. The fraction of sp³-hybridized carbons (Fsp3) is 0.111. The average Bonchev–Trinajstić information content (AvgIpc) is 2.69. The molecule has 0 spiro atoms. The summed E-state index contributed by atoms with van der Waals surface area (Å²) in [4.78, 5) is 0.442. The molecule has 0 bridgehead atoms. The fourth-order valence-corrected chi connectivity index (χ4v) is 2.71. The standard InChI is InChI=1S/C9H5F3N2OS2/c10-9(11,12)7-13-14-8(17-7)16-6-4-2-1-3-5(6)15/h1-4,15H. The third-order valence-corrected chi connectivity index (χ3v) is 3.80. The van der Waals surface area contributed by atoms with Gasteiger partial charge in [0, 0.05) is 0 Å². The molecule has 17 heavy (non-hydrogen) atoms. The number of rotatable bonds is 2. The molecule has 1 heterocycles. The van der Waals surface area contributed by atoms with Gasteiger partial charge in [-0.1, -0.05) is 35.2 Å². The zero-order valence-corrected chi connectivity index (χ0v) is 9.73. The molecule has 1 aromatic heterocycles. The van der Waals surface area contributed by atoms with Crippen LogP contribution in [0.25, 0.3) is 0 Å². The molecule has 0 aliphatic rings. The summed E-state index contributed by atoms with van der Waals surface area (Å²) >= 11 is 1.39. The van der Waals surface area contributed by atoms with Crippen LogP contribution < -0.4 is 0 Å². The average molecular weight is 278 g/mol. The van der Waals surface area contributed by atoms with E-state index in [2.05, 4.69) is 10.2 Å². The predicted molar refractivity (Wildman–Crippen MR) is 57.1 cm³/mol. The minimum atomic E-state index is -4.48. The van der Waals surface area contributed by atoms with Crippen LogP contribution in [0.3, 0.4) is 0 Å². The van der Waals surface area contributed by atoms with Crippen LogP contribution in [0, 0.1) is 0 Å². The molecular formula is C9H5F3N2OS2. The van der Waals surface area contributed by atoms with E-state index < -0.39 is 11.2 Å². The molecule has 0 atom stereocenters. The smallest absolute Gasteiger partial charge is 0.445 e. The second-order valence-corrected chi connectivity index (χ2v) is 5.21. The quantitative estimate of drug-likeness (QED) is 0.914. The van der Waals surface area contributed by atoms with Crippen LogP contribution in [0.2, 0.25) is 0 Å². The Hall–Kier alpha value is -1.28. The lowest BCUT2D eigenvalue weighted by atomic mass is 10.3. The third kappa shape index (κ3) is 2.89. The molecule has 0 fully saturated rings. The van der Waals surface area contributed by atoms with E-state index >= 15 is 0 Å². The highest BCUT2D eigenvalue weighted by atomic mass is 32.2. The van der Waals surface area contributed by atoms with Crippen molar-refractivity contribution in [2.24, 2.45) is 0 Å². The number of phenols is 1. The molecule has 0 saturated carbocycles. The molecule has 2 rings (SSSR count). The summed E-state index contributed by atoms with van der Waals surface area (Å²) in [5.41, 5.74) is 0. The van der Waals surface area contributed by atoms with Crippen molar-refractivity contribution in [2.45, 2.75) is 15.4 Å². The van der Waals surface area contributed by atoms with Gasteiger partial charge in [0.15, 0.2) is 4.34 Å². The van der Waals surface area contributed by atoms with Crippen molar-refractivity contribution in [2.75, 3.05) is 0 Å². The van der Waals surface area contributed by atoms with Crippen molar-refractivity contribution >= 4 is 23.1 Å². The van der Waals surface area contributed by atoms with Gasteiger partial charge in [0.2, 0.25) is 5.01 Å². The Kier molecular flexibility index (Phi) is 3.25. The van der Waals surface area contributed by atoms with Gasteiger partial charge in [-0.05, 0) is 12.1 Å². The van der Waals surface area contributed by atoms with Crippen LogP contribution in [-0.4, -0.2) is 15.3 Å². The van der Waals surface area contributed by atoms with Crippen molar-refractivity contribution in [3.63, 3.8) is 0 Å². The lowest BCUT2D eigenvalue weighted by molar-refractivity contribution is -0.138. The fourth-order valence-electron chi connectivity index (χ4n) is 1.00. The zero-order valence-electron chi connectivity index (χ0n) is 8.10. The molecule has 0 aliphatic carbocycles. The molecule has 3 nitrogen and oxygen atoms in total. The van der Waals surface area contributed by atoms with E-state index in [1.807, 2.05) is 0 Å². The molecular weight excluding hydrogens is 273 g/mol. The van der Waals surface area contributed by atoms with Crippen LogP contribution >= 0.6 is 23.1 Å². The molecule has 1 aromatic carbocycles. The van der Waals surface area contributed by atoms with Crippen molar-refractivity contribution in [3.05, 3.63) is 29.3 Å². The molecule has 2 aromatic rings. The highest BCUT2D eigenvalue weighted by Gasteiger charge is 2.35. The van der Waals surface area contributed by atoms with Gasteiger partial charge in [-0.25, -0.2) is 0 Å². The number of hydrogen-bond donors (Lipinski definition) is 1. The first kappa shape index (κ1) is 12.2. The zero-order chi connectivity index (χ0) is 12.5. The molecule has 0 amide bonds. The summed E-state index contributed by atoms with van der Waals surface area (Å²) in [7, 11) is 0. The first-order chi connectivity index (χ1) is 7.97. The molecule has 0 saturated heterocycles. The van der Waals surface area contributed by atoms with Crippen LogP contribution in [0.4, 0.5) is 13.2 Å². The number of halogens is 3. The molecule has 0 radical (unpaired) electrons. The highest BCUT2D eigenvalue weighted by molar-refractivity contribution is 8.01. The monoisotopic (exact) mass is 278 g/mol. The maximum absolute atomic E-state index is 12.3. The molecule has 0 unspecified atom stereocenters.